The Hall–Kier alpha value is -1.52. The summed E-state index contributed by atoms with van der Waals surface area (Å²) in [7, 11) is 0. The van der Waals surface area contributed by atoms with Crippen LogP contribution in [0.5, 0.6) is 0 Å². The Morgan fingerprint density at radius 2 is 2.05 bits per heavy atom. The lowest BCUT2D eigenvalue weighted by Gasteiger charge is -2.33. The topological polar surface area (TPSA) is 64.6 Å². The van der Waals surface area contributed by atoms with Gasteiger partial charge in [0.2, 0.25) is 0 Å². The van der Waals surface area contributed by atoms with Crippen molar-refractivity contribution < 1.29 is 19.1 Å². The van der Waals surface area contributed by atoms with Gasteiger partial charge in [-0.2, -0.15) is 0 Å². The Bertz CT molecular complexity index is 384. The minimum atomic E-state index is -0.570. The summed E-state index contributed by atoms with van der Waals surface area (Å²) in [6.07, 6.45) is 1.85. The molecule has 0 saturated heterocycles. The monoisotopic (exact) mass is 283 g/mol. The van der Waals surface area contributed by atoms with Crippen molar-refractivity contribution in [2.45, 2.75) is 58.6 Å². The van der Waals surface area contributed by atoms with Gasteiger partial charge in [0, 0.05) is 0 Å². The van der Waals surface area contributed by atoms with Gasteiger partial charge in [-0.15, -0.1) is 0 Å². The summed E-state index contributed by atoms with van der Waals surface area (Å²) in [5.41, 5.74) is 0.277. The number of ether oxygens (including phenoxy) is 2. The lowest BCUT2D eigenvalue weighted by molar-refractivity contribution is -0.149. The van der Waals surface area contributed by atoms with Crippen LogP contribution in [0.15, 0.2) is 12.2 Å². The van der Waals surface area contributed by atoms with Gasteiger partial charge in [-0.25, -0.2) is 4.79 Å². The van der Waals surface area contributed by atoms with E-state index in [9.17, 15) is 9.59 Å². The summed E-state index contributed by atoms with van der Waals surface area (Å²) in [6.45, 7) is 11.5. The maximum Gasteiger partial charge on any atom is 0.408 e. The molecule has 0 aliphatic heterocycles. The highest BCUT2D eigenvalue weighted by Gasteiger charge is 2.36. The molecule has 1 fully saturated rings. The van der Waals surface area contributed by atoms with Crippen molar-refractivity contribution in [3.8, 4) is 0 Å². The highest BCUT2D eigenvalue weighted by Crippen LogP contribution is 2.29. The number of amides is 1. The quantitative estimate of drug-likeness (QED) is 0.639. The van der Waals surface area contributed by atoms with Crippen LogP contribution >= 0.6 is 0 Å². The molecule has 0 bridgehead atoms. The van der Waals surface area contributed by atoms with E-state index in [4.69, 9.17) is 9.47 Å². The Labute approximate surface area is 120 Å². The zero-order valence-electron chi connectivity index (χ0n) is 12.8. The van der Waals surface area contributed by atoms with Gasteiger partial charge in [0.15, 0.2) is 0 Å². The average molecular weight is 283 g/mol. The fourth-order valence-corrected chi connectivity index (χ4v) is 2.30. The van der Waals surface area contributed by atoms with E-state index in [-0.39, 0.29) is 11.9 Å². The van der Waals surface area contributed by atoms with E-state index in [1.807, 2.05) is 0 Å². The standard InChI is InChI=1S/C15H25NO4/c1-6-19-13(17)11-9-7-8-10(2)12(11)16-14(18)20-15(3,4)5/h11-12H,2,6-9H2,1,3-5H3,(H,16,18)/t11-,12-/m1/s1. The molecule has 1 N–H and O–H groups in total. The number of hydrogen-bond donors (Lipinski definition) is 1. The van der Waals surface area contributed by atoms with Crippen LogP contribution in [0, 0.1) is 5.92 Å². The molecule has 5 nitrogen and oxygen atoms in total. The third kappa shape index (κ3) is 4.87. The Balaban J connectivity index is 2.73. The van der Waals surface area contributed by atoms with Crippen LogP contribution in [0.4, 0.5) is 4.79 Å². The second kappa shape index (κ2) is 6.77. The van der Waals surface area contributed by atoms with Gasteiger partial charge in [0.25, 0.3) is 0 Å². The SMILES string of the molecule is C=C1CCC[C@@H](C(=O)OCC)[C@@H]1NC(=O)OC(C)(C)C. The van der Waals surface area contributed by atoms with E-state index in [1.165, 1.54) is 0 Å². The summed E-state index contributed by atoms with van der Waals surface area (Å²) >= 11 is 0. The fourth-order valence-electron chi connectivity index (χ4n) is 2.30. The Morgan fingerprint density at radius 1 is 1.40 bits per heavy atom. The fraction of sp³-hybridized carbons (Fsp3) is 0.733. The van der Waals surface area contributed by atoms with Crippen LogP contribution in [0.25, 0.3) is 0 Å². The molecule has 20 heavy (non-hydrogen) atoms. The second-order valence-corrected chi connectivity index (χ2v) is 6.03. The van der Waals surface area contributed by atoms with Gasteiger partial charge in [0.1, 0.15) is 5.60 Å². The molecule has 2 atom stereocenters. The summed E-state index contributed by atoms with van der Waals surface area (Å²) in [5.74, 6) is -0.655. The van der Waals surface area contributed by atoms with Gasteiger partial charge in [-0.05, 0) is 47.0 Å². The molecule has 1 rings (SSSR count). The first-order valence-electron chi connectivity index (χ1n) is 7.08. The predicted molar refractivity (Wildman–Crippen MR) is 76.3 cm³/mol. The number of carbonyl (C=O) groups excluding carboxylic acids is 2. The lowest BCUT2D eigenvalue weighted by Crippen LogP contribution is -2.48. The van der Waals surface area contributed by atoms with E-state index in [1.54, 1.807) is 27.7 Å². The van der Waals surface area contributed by atoms with Crippen LogP contribution in [-0.2, 0) is 14.3 Å². The van der Waals surface area contributed by atoms with Crippen molar-refractivity contribution in [2.24, 2.45) is 5.92 Å². The van der Waals surface area contributed by atoms with E-state index in [0.29, 0.717) is 13.0 Å². The molecule has 1 amide bonds. The molecule has 5 heteroatoms. The number of nitrogens with one attached hydrogen (secondary N) is 1. The van der Waals surface area contributed by atoms with Crippen molar-refractivity contribution in [1.29, 1.82) is 0 Å². The molecule has 0 radical (unpaired) electrons. The number of alkyl carbamates (subject to hydrolysis) is 1. The highest BCUT2D eigenvalue weighted by molar-refractivity contribution is 5.76. The maximum absolute atomic E-state index is 12.0. The summed E-state index contributed by atoms with van der Waals surface area (Å²) in [5, 5.41) is 2.75. The number of esters is 1. The molecule has 0 spiro atoms. The Kier molecular flexibility index (Phi) is 5.60. The third-order valence-electron chi connectivity index (χ3n) is 3.12. The minimum Gasteiger partial charge on any atom is -0.466 e. The van der Waals surface area contributed by atoms with Crippen molar-refractivity contribution in [3.63, 3.8) is 0 Å². The molecule has 0 aromatic carbocycles. The van der Waals surface area contributed by atoms with Crippen LogP contribution in [0.3, 0.4) is 0 Å². The molecule has 0 aromatic rings. The first-order chi connectivity index (χ1) is 9.24. The van der Waals surface area contributed by atoms with Gasteiger partial charge < -0.3 is 14.8 Å². The smallest absolute Gasteiger partial charge is 0.408 e. The van der Waals surface area contributed by atoms with Crippen LogP contribution < -0.4 is 5.32 Å². The number of carbonyl (C=O) groups is 2. The van der Waals surface area contributed by atoms with Gasteiger partial charge >= 0.3 is 12.1 Å². The van der Waals surface area contributed by atoms with Gasteiger partial charge in [-0.3, -0.25) is 4.79 Å². The van der Waals surface area contributed by atoms with E-state index in [2.05, 4.69) is 11.9 Å². The molecule has 1 aliphatic carbocycles. The first-order valence-corrected chi connectivity index (χ1v) is 7.08. The second-order valence-electron chi connectivity index (χ2n) is 6.03. The molecular formula is C15H25NO4. The molecule has 0 heterocycles. The van der Waals surface area contributed by atoms with Crippen molar-refractivity contribution in [3.05, 3.63) is 12.2 Å². The molecule has 0 unspecified atom stereocenters. The number of rotatable bonds is 3. The van der Waals surface area contributed by atoms with Crippen molar-refractivity contribution >= 4 is 12.1 Å². The Morgan fingerprint density at radius 3 is 2.60 bits per heavy atom. The van der Waals surface area contributed by atoms with E-state index >= 15 is 0 Å². The zero-order chi connectivity index (χ0) is 15.3. The average Bonchev–Trinajstić information content (AvgIpc) is 2.29. The first kappa shape index (κ1) is 16.5. The molecule has 1 aliphatic rings. The van der Waals surface area contributed by atoms with Gasteiger partial charge in [0.05, 0.1) is 18.6 Å². The van der Waals surface area contributed by atoms with E-state index < -0.39 is 17.7 Å². The summed E-state index contributed by atoms with van der Waals surface area (Å²) < 4.78 is 10.3. The van der Waals surface area contributed by atoms with E-state index in [0.717, 1.165) is 18.4 Å². The molecule has 0 aromatic heterocycles. The largest absolute Gasteiger partial charge is 0.466 e. The maximum atomic E-state index is 12.0. The molecule has 114 valence electrons. The van der Waals surface area contributed by atoms with Crippen LogP contribution in [0.2, 0.25) is 0 Å². The van der Waals surface area contributed by atoms with Crippen molar-refractivity contribution in [2.75, 3.05) is 6.61 Å². The highest BCUT2D eigenvalue weighted by atomic mass is 16.6. The van der Waals surface area contributed by atoms with Crippen LogP contribution in [0.1, 0.15) is 47.0 Å². The normalized spacial score (nSPS) is 23.1. The zero-order valence-corrected chi connectivity index (χ0v) is 12.8. The van der Waals surface area contributed by atoms with Gasteiger partial charge in [-0.1, -0.05) is 12.2 Å². The minimum absolute atomic E-state index is 0.283. The molecular weight excluding hydrogens is 258 g/mol. The van der Waals surface area contributed by atoms with Crippen molar-refractivity contribution in [1.82, 2.24) is 5.32 Å². The predicted octanol–water partition coefficient (Wildman–Crippen LogP) is 2.80. The summed E-state index contributed by atoms with van der Waals surface area (Å²) in [6, 6.07) is -0.405. The third-order valence-corrected chi connectivity index (χ3v) is 3.12. The van der Waals surface area contributed by atoms with Crippen LogP contribution in [-0.4, -0.2) is 30.3 Å². The number of hydrogen-bond acceptors (Lipinski definition) is 4. The lowest BCUT2D eigenvalue weighted by atomic mass is 9.81. The summed E-state index contributed by atoms with van der Waals surface area (Å²) in [4.78, 5) is 23.8. The molecule has 1 saturated carbocycles.